The molecule has 0 spiro atoms. The molecule has 0 aromatic heterocycles. The fraction of sp³-hybridized carbons (Fsp3) is 0.0556. The van der Waals surface area contributed by atoms with Crippen molar-refractivity contribution in [3.8, 4) is 6.07 Å². The van der Waals surface area contributed by atoms with Gasteiger partial charge in [0.05, 0.1) is 11.6 Å². The number of rotatable bonds is 3. The molecule has 0 saturated heterocycles. The molecule has 3 heteroatoms. The zero-order chi connectivity index (χ0) is 14.7. The fourth-order valence-electron chi connectivity index (χ4n) is 2.26. The van der Waals surface area contributed by atoms with Crippen molar-refractivity contribution in [2.75, 3.05) is 5.32 Å². The minimum Gasteiger partial charge on any atom is -0.381 e. The minimum absolute atomic E-state index is 0.335. The fourth-order valence-corrected chi connectivity index (χ4v) is 2.26. The highest BCUT2D eigenvalue weighted by molar-refractivity contribution is 5.85. The number of benzene rings is 3. The molecule has 21 heavy (non-hydrogen) atoms. The maximum absolute atomic E-state index is 13.8. The Morgan fingerprint density at radius 1 is 0.952 bits per heavy atom. The van der Waals surface area contributed by atoms with Gasteiger partial charge < -0.3 is 5.32 Å². The molecule has 0 aliphatic carbocycles. The second-order valence-corrected chi connectivity index (χ2v) is 4.83. The molecule has 0 unspecified atom stereocenters. The van der Waals surface area contributed by atoms with Crippen molar-refractivity contribution in [3.05, 3.63) is 77.6 Å². The SMILES string of the molecule is N#Cc1ccc(CNc2ccc3ccccc3c2)c(F)c1. The van der Waals surface area contributed by atoms with Crippen LogP contribution in [0.25, 0.3) is 10.8 Å². The first-order chi connectivity index (χ1) is 10.3. The van der Waals surface area contributed by atoms with Crippen LogP contribution in [0.15, 0.2) is 60.7 Å². The zero-order valence-electron chi connectivity index (χ0n) is 11.3. The smallest absolute Gasteiger partial charge is 0.129 e. The first-order valence-corrected chi connectivity index (χ1v) is 6.67. The topological polar surface area (TPSA) is 35.8 Å². The van der Waals surface area contributed by atoms with E-state index in [1.807, 2.05) is 42.5 Å². The Labute approximate surface area is 122 Å². The predicted molar refractivity (Wildman–Crippen MR) is 82.4 cm³/mol. The Morgan fingerprint density at radius 2 is 1.76 bits per heavy atom. The van der Waals surface area contributed by atoms with Gasteiger partial charge in [0.2, 0.25) is 0 Å². The van der Waals surface area contributed by atoms with Gasteiger partial charge in [-0.25, -0.2) is 4.39 Å². The van der Waals surface area contributed by atoms with Gasteiger partial charge in [0.1, 0.15) is 5.82 Å². The Kier molecular flexibility index (Phi) is 3.53. The molecular weight excluding hydrogens is 263 g/mol. The van der Waals surface area contributed by atoms with E-state index in [1.54, 1.807) is 12.1 Å². The molecule has 102 valence electrons. The summed E-state index contributed by atoms with van der Waals surface area (Å²) in [5.41, 5.74) is 1.82. The van der Waals surface area contributed by atoms with Crippen LogP contribution in [0, 0.1) is 17.1 Å². The van der Waals surface area contributed by atoms with Gasteiger partial charge in [-0.1, -0.05) is 36.4 Å². The number of nitrogens with one attached hydrogen (secondary N) is 1. The molecule has 3 aromatic carbocycles. The van der Waals surface area contributed by atoms with E-state index >= 15 is 0 Å². The van der Waals surface area contributed by atoms with Gasteiger partial charge in [-0.15, -0.1) is 0 Å². The lowest BCUT2D eigenvalue weighted by Crippen LogP contribution is -2.02. The van der Waals surface area contributed by atoms with Crippen molar-refractivity contribution >= 4 is 16.5 Å². The molecule has 0 aliphatic heterocycles. The molecule has 0 atom stereocenters. The van der Waals surface area contributed by atoms with E-state index in [1.165, 1.54) is 11.5 Å². The highest BCUT2D eigenvalue weighted by Gasteiger charge is 2.03. The van der Waals surface area contributed by atoms with Crippen molar-refractivity contribution in [2.24, 2.45) is 0 Å². The normalized spacial score (nSPS) is 10.3. The molecule has 0 saturated carbocycles. The van der Waals surface area contributed by atoms with E-state index in [2.05, 4.69) is 11.4 Å². The van der Waals surface area contributed by atoms with Crippen LogP contribution in [0.2, 0.25) is 0 Å². The van der Waals surface area contributed by atoms with E-state index in [-0.39, 0.29) is 5.82 Å². The second kappa shape index (κ2) is 5.64. The van der Waals surface area contributed by atoms with Gasteiger partial charge >= 0.3 is 0 Å². The minimum atomic E-state index is -0.359. The first-order valence-electron chi connectivity index (χ1n) is 6.67. The summed E-state index contributed by atoms with van der Waals surface area (Å²) in [6.07, 6.45) is 0. The van der Waals surface area contributed by atoms with E-state index in [4.69, 9.17) is 5.26 Å². The van der Waals surface area contributed by atoms with E-state index < -0.39 is 0 Å². The number of hydrogen-bond donors (Lipinski definition) is 1. The van der Waals surface area contributed by atoms with Gasteiger partial charge in [-0.05, 0) is 35.0 Å². The monoisotopic (exact) mass is 276 g/mol. The van der Waals surface area contributed by atoms with E-state index in [9.17, 15) is 4.39 Å². The number of fused-ring (bicyclic) bond motifs is 1. The molecule has 0 bridgehead atoms. The van der Waals surface area contributed by atoms with Crippen molar-refractivity contribution in [1.29, 1.82) is 5.26 Å². The molecule has 0 fully saturated rings. The number of nitrogens with zero attached hydrogens (tertiary/aromatic N) is 1. The lowest BCUT2D eigenvalue weighted by atomic mass is 10.1. The summed E-state index contributed by atoms with van der Waals surface area (Å²) in [7, 11) is 0. The van der Waals surface area contributed by atoms with Gasteiger partial charge in [-0.3, -0.25) is 0 Å². The van der Waals surface area contributed by atoms with E-state index in [0.717, 1.165) is 11.1 Å². The summed E-state index contributed by atoms with van der Waals surface area (Å²) >= 11 is 0. The molecule has 0 heterocycles. The molecule has 0 amide bonds. The Bertz CT molecular complexity index is 834. The number of nitriles is 1. The van der Waals surface area contributed by atoms with Crippen LogP contribution in [0.3, 0.4) is 0 Å². The first kappa shape index (κ1) is 13.1. The Balaban J connectivity index is 1.78. The molecule has 1 N–H and O–H groups in total. The lowest BCUT2D eigenvalue weighted by Gasteiger charge is -2.09. The highest BCUT2D eigenvalue weighted by Crippen LogP contribution is 2.20. The average molecular weight is 276 g/mol. The summed E-state index contributed by atoms with van der Waals surface area (Å²) < 4.78 is 13.8. The molecule has 3 rings (SSSR count). The predicted octanol–water partition coefficient (Wildman–Crippen LogP) is 4.46. The van der Waals surface area contributed by atoms with E-state index in [0.29, 0.717) is 17.7 Å². The number of anilines is 1. The average Bonchev–Trinajstić information content (AvgIpc) is 2.53. The third-order valence-corrected chi connectivity index (χ3v) is 3.41. The lowest BCUT2D eigenvalue weighted by molar-refractivity contribution is 0.612. The molecule has 2 nitrogen and oxygen atoms in total. The summed E-state index contributed by atoms with van der Waals surface area (Å²) in [4.78, 5) is 0. The third-order valence-electron chi connectivity index (χ3n) is 3.41. The quantitative estimate of drug-likeness (QED) is 0.766. The maximum atomic E-state index is 13.8. The third kappa shape index (κ3) is 2.85. The van der Waals surface area contributed by atoms with Crippen molar-refractivity contribution in [2.45, 2.75) is 6.54 Å². The highest BCUT2D eigenvalue weighted by atomic mass is 19.1. The van der Waals surface area contributed by atoms with Crippen molar-refractivity contribution in [3.63, 3.8) is 0 Å². The summed E-state index contributed by atoms with van der Waals surface area (Å²) in [5, 5.41) is 14.3. The number of halogens is 1. The molecular formula is C18H13FN2. The Hall–Kier alpha value is -2.86. The molecule has 3 aromatic rings. The van der Waals surface area contributed by atoms with Gasteiger partial charge in [0, 0.05) is 17.8 Å². The van der Waals surface area contributed by atoms with Crippen LogP contribution >= 0.6 is 0 Å². The van der Waals surface area contributed by atoms with Crippen molar-refractivity contribution < 1.29 is 4.39 Å². The van der Waals surface area contributed by atoms with Gasteiger partial charge in [-0.2, -0.15) is 5.26 Å². The Morgan fingerprint density at radius 3 is 2.52 bits per heavy atom. The van der Waals surface area contributed by atoms with Crippen LogP contribution in [0.4, 0.5) is 10.1 Å². The van der Waals surface area contributed by atoms with Gasteiger partial charge in [0.25, 0.3) is 0 Å². The molecule has 0 radical (unpaired) electrons. The second-order valence-electron chi connectivity index (χ2n) is 4.83. The van der Waals surface area contributed by atoms with Crippen molar-refractivity contribution in [1.82, 2.24) is 0 Å². The van der Waals surface area contributed by atoms with Crippen LogP contribution in [0.5, 0.6) is 0 Å². The summed E-state index contributed by atoms with van der Waals surface area (Å²) in [6.45, 7) is 0.385. The molecule has 0 aliphatic rings. The standard InChI is InChI=1S/C18H13FN2/c19-18-9-13(11-20)5-6-16(18)12-21-17-8-7-14-3-1-2-4-15(14)10-17/h1-10,21H,12H2. The number of hydrogen-bond acceptors (Lipinski definition) is 2. The summed E-state index contributed by atoms with van der Waals surface area (Å²) in [6, 6.07) is 20.6. The summed E-state index contributed by atoms with van der Waals surface area (Å²) in [5.74, 6) is -0.359. The van der Waals surface area contributed by atoms with Crippen LogP contribution in [-0.2, 0) is 6.54 Å². The largest absolute Gasteiger partial charge is 0.381 e. The maximum Gasteiger partial charge on any atom is 0.129 e. The van der Waals surface area contributed by atoms with Crippen LogP contribution < -0.4 is 5.32 Å². The van der Waals surface area contributed by atoms with Crippen LogP contribution in [-0.4, -0.2) is 0 Å². The zero-order valence-corrected chi connectivity index (χ0v) is 11.3. The van der Waals surface area contributed by atoms with Gasteiger partial charge in [0.15, 0.2) is 0 Å². The van der Waals surface area contributed by atoms with Crippen LogP contribution in [0.1, 0.15) is 11.1 Å².